The molecule has 1 aromatic rings. The smallest absolute Gasteiger partial charge is 0.432 e. The molecule has 0 N–H and O–H groups in total. The van der Waals surface area contributed by atoms with Crippen LogP contribution in [0.25, 0.3) is 0 Å². The average molecular weight is 827 g/mol. The van der Waals surface area contributed by atoms with Crippen molar-refractivity contribution in [1.29, 1.82) is 0 Å². The van der Waals surface area contributed by atoms with E-state index in [1.165, 1.54) is 90.4 Å². The summed E-state index contributed by atoms with van der Waals surface area (Å²) in [6, 6.07) is 0. The van der Waals surface area contributed by atoms with Crippen LogP contribution in [0.15, 0.2) is 0 Å². The van der Waals surface area contributed by atoms with Gasteiger partial charge in [-0.1, -0.05) is 0 Å². The van der Waals surface area contributed by atoms with Gasteiger partial charge in [0.15, 0.2) is 15.9 Å². The fourth-order valence-electron chi connectivity index (χ4n) is 1.26. The molecule has 1 unspecified atom stereocenters. The Morgan fingerprint density at radius 2 is 1.29 bits per heavy atom. The molecule has 1 atom stereocenters. The molecule has 1 aromatic carbocycles. The summed E-state index contributed by atoms with van der Waals surface area (Å²) in [4.78, 5) is 0. The van der Waals surface area contributed by atoms with Gasteiger partial charge in [-0.05, 0) is 90.4 Å². The van der Waals surface area contributed by atoms with Gasteiger partial charge in [0.25, 0.3) is 6.10 Å². The first-order valence-corrected chi connectivity index (χ1v) is 10.8. The fraction of sp³-hybridized carbons (Fsp3) is 0.333. The number of halogens is 10. The number of alkyl halides is 5. The monoisotopic (exact) mass is 827 g/mol. The van der Waals surface area contributed by atoms with Crippen LogP contribution in [0.1, 0.15) is 0 Å². The second-order valence-electron chi connectivity index (χ2n) is 3.95. The Morgan fingerprint density at radius 3 is 1.58 bits per heavy atom. The van der Waals surface area contributed by atoms with Crippen molar-refractivity contribution in [2.45, 2.75) is 17.5 Å². The highest BCUT2D eigenvalue weighted by Crippen LogP contribution is 2.43. The minimum atomic E-state index is -6.67. The van der Waals surface area contributed by atoms with Gasteiger partial charge in [-0.3, -0.25) is 0 Å². The van der Waals surface area contributed by atoms with Gasteiger partial charge in [-0.2, -0.15) is 22.0 Å². The van der Waals surface area contributed by atoms with E-state index in [-0.39, 0.29) is 14.3 Å². The van der Waals surface area contributed by atoms with E-state index in [1.54, 1.807) is 0 Å². The maximum absolute atomic E-state index is 13.8. The van der Waals surface area contributed by atoms with Crippen LogP contribution in [-0.2, 0) is 10.1 Å². The Morgan fingerprint density at radius 1 is 0.917 bits per heavy atom. The third kappa shape index (κ3) is 4.64. The maximum Gasteiger partial charge on any atom is 0.432 e. The van der Waals surface area contributed by atoms with Crippen molar-refractivity contribution in [3.63, 3.8) is 0 Å². The van der Waals surface area contributed by atoms with E-state index in [0.29, 0.717) is 0 Å². The van der Waals surface area contributed by atoms with Crippen molar-refractivity contribution in [3.8, 4) is 5.75 Å². The lowest BCUT2D eigenvalue weighted by Gasteiger charge is -2.31. The highest BCUT2D eigenvalue weighted by molar-refractivity contribution is 14.1. The summed E-state index contributed by atoms with van der Waals surface area (Å²) in [7, 11) is -6.67. The predicted molar refractivity (Wildman–Crippen MR) is 102 cm³/mol. The zero-order valence-electron chi connectivity index (χ0n) is 10.4. The van der Waals surface area contributed by atoms with Crippen molar-refractivity contribution < 1.29 is 44.0 Å². The topological polar surface area (TPSA) is 66.4 Å². The quantitative estimate of drug-likeness (QED) is 0.146. The molecule has 0 saturated heterocycles. The van der Waals surface area contributed by atoms with Crippen molar-refractivity contribution in [1.82, 2.24) is 0 Å². The minimum Gasteiger partial charge on any atom is -0.743 e. The van der Waals surface area contributed by atoms with E-state index in [0.717, 1.165) is 0 Å². The number of hydrogen-bond donors (Lipinski definition) is 0. The van der Waals surface area contributed by atoms with E-state index in [1.807, 2.05) is 0 Å². The maximum atomic E-state index is 13.8. The van der Waals surface area contributed by atoms with Crippen LogP contribution in [0.3, 0.4) is 0 Å². The molecule has 0 aliphatic carbocycles. The summed E-state index contributed by atoms with van der Waals surface area (Å²) in [5.41, 5.74) is 0. The number of ether oxygens (including phenoxy) is 1. The Hall–Kier alpha value is 1.43. The van der Waals surface area contributed by atoms with Gasteiger partial charge in [0.2, 0.25) is 0 Å². The van der Waals surface area contributed by atoms with Crippen LogP contribution >= 0.6 is 90.4 Å². The van der Waals surface area contributed by atoms with E-state index in [2.05, 4.69) is 4.74 Å². The van der Waals surface area contributed by atoms with Gasteiger partial charge in [0, 0.05) is 0 Å². The molecular formula is C9HF6I4O4S-. The molecule has 15 heteroatoms. The lowest BCUT2D eigenvalue weighted by Crippen LogP contribution is -2.53. The van der Waals surface area contributed by atoms with Crippen molar-refractivity contribution in [3.05, 3.63) is 20.1 Å². The molecule has 0 heterocycles. The van der Waals surface area contributed by atoms with Crippen LogP contribution in [0, 0.1) is 20.1 Å². The molecule has 0 amide bonds. The zero-order valence-corrected chi connectivity index (χ0v) is 19.8. The predicted octanol–water partition coefficient (Wildman–Crippen LogP) is 4.69. The molecule has 1 rings (SSSR count). The lowest BCUT2D eigenvalue weighted by atomic mass is 10.3. The Balaban J connectivity index is 3.60. The van der Waals surface area contributed by atoms with Gasteiger partial charge in [0.1, 0.15) is 5.75 Å². The summed E-state index contributed by atoms with van der Waals surface area (Å²) in [6.07, 6.45) is -10.1. The third-order valence-corrected chi connectivity index (χ3v) is 9.37. The number of hydrogen-bond acceptors (Lipinski definition) is 4. The van der Waals surface area contributed by atoms with Gasteiger partial charge >= 0.3 is 11.4 Å². The molecule has 0 aliphatic heterocycles. The summed E-state index contributed by atoms with van der Waals surface area (Å²) in [5.74, 6) is -1.60. The largest absolute Gasteiger partial charge is 0.743 e. The Kier molecular flexibility index (Phi) is 7.64. The van der Waals surface area contributed by atoms with Crippen molar-refractivity contribution in [2.24, 2.45) is 0 Å². The number of benzene rings is 1. The van der Waals surface area contributed by atoms with Gasteiger partial charge < -0.3 is 9.29 Å². The molecule has 138 valence electrons. The summed E-state index contributed by atoms with van der Waals surface area (Å²) < 4.78 is 114. The SMILES string of the molecule is O=S(=O)([O-])C(F)(F)C(Oc1c(I)c(I)c(F)c(I)c1I)C(F)(F)F. The standard InChI is InChI=1S/C9H2F6I4O4S/c10-1-2(16)4(18)6(5(19)3(1)17)23-7(8(11,12)13)9(14,15)24(20,21)22/h7H,(H,20,21,22)/p-1. The minimum absolute atomic E-state index is 0.206. The van der Waals surface area contributed by atoms with E-state index >= 15 is 0 Å². The van der Waals surface area contributed by atoms with Crippen LogP contribution < -0.4 is 4.74 Å². The van der Waals surface area contributed by atoms with Crippen molar-refractivity contribution in [2.75, 3.05) is 0 Å². The average Bonchev–Trinajstić information content (AvgIpc) is 2.40. The highest BCUT2D eigenvalue weighted by atomic mass is 127. The molecule has 0 radical (unpaired) electrons. The normalized spacial score (nSPS) is 14.6. The molecule has 0 fully saturated rings. The molecule has 24 heavy (non-hydrogen) atoms. The van der Waals surface area contributed by atoms with Crippen LogP contribution in [0.5, 0.6) is 5.75 Å². The van der Waals surface area contributed by atoms with E-state index in [9.17, 15) is 39.3 Å². The summed E-state index contributed by atoms with van der Waals surface area (Å²) >= 11 is 5.57. The third-order valence-electron chi connectivity index (χ3n) is 2.34. The van der Waals surface area contributed by atoms with Crippen LogP contribution in [0.2, 0.25) is 0 Å². The van der Waals surface area contributed by atoms with Gasteiger partial charge in [-0.15, -0.1) is 0 Å². The molecule has 0 spiro atoms. The van der Waals surface area contributed by atoms with Crippen LogP contribution in [0.4, 0.5) is 26.3 Å². The molecule has 0 aromatic heterocycles. The summed E-state index contributed by atoms with van der Waals surface area (Å²) in [5, 5.41) is -5.78. The summed E-state index contributed by atoms with van der Waals surface area (Å²) in [6.45, 7) is 0. The highest BCUT2D eigenvalue weighted by Gasteiger charge is 2.62. The molecule has 4 nitrogen and oxygen atoms in total. The Labute approximate surface area is 185 Å². The zero-order chi connectivity index (χ0) is 19.2. The van der Waals surface area contributed by atoms with E-state index in [4.69, 9.17) is 0 Å². The first kappa shape index (κ1) is 23.5. The molecule has 0 aliphatic rings. The first-order valence-electron chi connectivity index (χ1n) is 5.11. The molecule has 0 saturated carbocycles. The Bertz CT molecular complexity index is 737. The molecular weight excluding hydrogens is 826 g/mol. The van der Waals surface area contributed by atoms with Gasteiger partial charge in [-0.25, -0.2) is 12.8 Å². The number of rotatable bonds is 4. The van der Waals surface area contributed by atoms with E-state index < -0.39 is 39.2 Å². The van der Waals surface area contributed by atoms with Gasteiger partial charge in [0.05, 0.1) is 14.3 Å². The molecule has 0 bridgehead atoms. The van der Waals surface area contributed by atoms with Crippen LogP contribution in [-0.4, -0.2) is 30.5 Å². The first-order chi connectivity index (χ1) is 10.5. The van der Waals surface area contributed by atoms with Crippen molar-refractivity contribution >= 4 is 100 Å². The fourth-order valence-corrected chi connectivity index (χ4v) is 5.04. The lowest BCUT2D eigenvalue weighted by molar-refractivity contribution is -0.239. The second-order valence-corrected chi connectivity index (χ2v) is 9.72. The second kappa shape index (κ2) is 7.81.